The molecule has 0 amide bonds. The summed E-state index contributed by atoms with van der Waals surface area (Å²) in [4.78, 5) is 7.03. The summed E-state index contributed by atoms with van der Waals surface area (Å²) in [5.74, 6) is 1.13. The van der Waals surface area contributed by atoms with E-state index in [2.05, 4.69) is 46.7 Å². The average Bonchev–Trinajstić information content (AvgIpc) is 2.82. The molecule has 0 aromatic carbocycles. The molecule has 90 valence electrons. The second-order valence-corrected chi connectivity index (χ2v) is 4.90. The van der Waals surface area contributed by atoms with Crippen molar-refractivity contribution in [2.75, 3.05) is 25.0 Å². The molecule has 0 saturated carbocycles. The number of aryl methyl sites for hydroxylation is 1. The van der Waals surface area contributed by atoms with Gasteiger partial charge in [-0.25, -0.2) is 4.98 Å². The Morgan fingerprint density at radius 2 is 2.25 bits per heavy atom. The summed E-state index contributed by atoms with van der Waals surface area (Å²) in [6, 6.07) is 1.09. The molecule has 0 radical (unpaired) electrons. The van der Waals surface area contributed by atoms with Gasteiger partial charge in [-0.1, -0.05) is 0 Å². The Morgan fingerprint density at radius 3 is 2.81 bits per heavy atom. The quantitative estimate of drug-likeness (QED) is 0.842. The van der Waals surface area contributed by atoms with E-state index >= 15 is 0 Å². The summed E-state index contributed by atoms with van der Waals surface area (Å²) in [6.45, 7) is 8.65. The van der Waals surface area contributed by atoms with Gasteiger partial charge in [0.15, 0.2) is 0 Å². The van der Waals surface area contributed by atoms with Gasteiger partial charge in [-0.05, 0) is 34.2 Å². The number of hydrogen-bond acceptors (Lipinski definition) is 3. The highest BCUT2D eigenvalue weighted by Gasteiger charge is 2.25. The zero-order chi connectivity index (χ0) is 11.7. The second kappa shape index (κ2) is 4.45. The van der Waals surface area contributed by atoms with E-state index in [0.29, 0.717) is 12.1 Å². The maximum Gasteiger partial charge on any atom is 0.206 e. The Hall–Kier alpha value is -1.03. The zero-order valence-electron chi connectivity index (χ0n) is 10.7. The molecule has 4 heteroatoms. The highest BCUT2D eigenvalue weighted by atomic mass is 15.3. The number of aromatic nitrogens is 2. The van der Waals surface area contributed by atoms with E-state index in [1.165, 1.54) is 6.42 Å². The van der Waals surface area contributed by atoms with Crippen LogP contribution in [0.1, 0.15) is 32.0 Å². The van der Waals surface area contributed by atoms with Gasteiger partial charge in [0.05, 0.1) is 5.69 Å². The first kappa shape index (κ1) is 11.5. The fraction of sp³-hybridized carbons (Fsp3) is 0.750. The van der Waals surface area contributed by atoms with Gasteiger partial charge in [0.1, 0.15) is 0 Å². The monoisotopic (exact) mass is 222 g/mol. The van der Waals surface area contributed by atoms with Crippen LogP contribution in [-0.4, -0.2) is 35.7 Å². The van der Waals surface area contributed by atoms with Crippen molar-refractivity contribution in [3.05, 3.63) is 11.9 Å². The lowest BCUT2D eigenvalue weighted by Gasteiger charge is -2.20. The molecule has 1 aliphatic heterocycles. The maximum absolute atomic E-state index is 4.64. The van der Waals surface area contributed by atoms with E-state index in [0.717, 1.165) is 24.7 Å². The van der Waals surface area contributed by atoms with Gasteiger partial charge in [0.25, 0.3) is 0 Å². The van der Waals surface area contributed by atoms with Gasteiger partial charge in [-0.2, -0.15) is 0 Å². The van der Waals surface area contributed by atoms with Crippen molar-refractivity contribution in [2.24, 2.45) is 0 Å². The van der Waals surface area contributed by atoms with Crippen molar-refractivity contribution in [1.82, 2.24) is 14.9 Å². The van der Waals surface area contributed by atoms with Gasteiger partial charge in [0.2, 0.25) is 5.95 Å². The van der Waals surface area contributed by atoms with E-state index in [9.17, 15) is 0 Å². The lowest BCUT2D eigenvalue weighted by atomic mass is 10.3. The standard InChI is InChI=1S/C12H22N4/c1-9(2)16-7-10(3)14-12(16)15-6-5-11(8-15)13-4/h7,9,11,13H,5-6,8H2,1-4H3. The minimum Gasteiger partial charge on any atom is -0.341 e. The van der Waals surface area contributed by atoms with Crippen LogP contribution in [0.15, 0.2) is 6.20 Å². The molecule has 0 aliphatic carbocycles. The number of anilines is 1. The molecule has 0 bridgehead atoms. The first-order chi connectivity index (χ1) is 7.61. The van der Waals surface area contributed by atoms with Crippen LogP contribution < -0.4 is 10.2 Å². The van der Waals surface area contributed by atoms with Crippen LogP contribution in [-0.2, 0) is 0 Å². The van der Waals surface area contributed by atoms with Gasteiger partial charge in [-0.15, -0.1) is 0 Å². The molecule has 1 aromatic heterocycles. The zero-order valence-corrected chi connectivity index (χ0v) is 10.7. The van der Waals surface area contributed by atoms with Gasteiger partial charge >= 0.3 is 0 Å². The molecule has 1 saturated heterocycles. The van der Waals surface area contributed by atoms with E-state index < -0.39 is 0 Å². The molecule has 1 aromatic rings. The van der Waals surface area contributed by atoms with Gasteiger partial charge < -0.3 is 14.8 Å². The molecular formula is C12H22N4. The fourth-order valence-electron chi connectivity index (χ4n) is 2.29. The van der Waals surface area contributed by atoms with Crippen molar-refractivity contribution < 1.29 is 0 Å². The molecule has 1 unspecified atom stereocenters. The Morgan fingerprint density at radius 1 is 1.50 bits per heavy atom. The predicted octanol–water partition coefficient (Wildman–Crippen LogP) is 1.57. The third kappa shape index (κ3) is 2.07. The summed E-state index contributed by atoms with van der Waals surface area (Å²) in [7, 11) is 2.04. The van der Waals surface area contributed by atoms with Gasteiger partial charge in [-0.3, -0.25) is 0 Å². The summed E-state index contributed by atoms with van der Waals surface area (Å²) in [5, 5.41) is 3.34. The van der Waals surface area contributed by atoms with Crippen LogP contribution >= 0.6 is 0 Å². The molecule has 2 rings (SSSR count). The molecule has 2 heterocycles. The molecule has 0 spiro atoms. The number of nitrogens with one attached hydrogen (secondary N) is 1. The number of rotatable bonds is 3. The Bertz CT molecular complexity index is 356. The Balaban J connectivity index is 2.20. The SMILES string of the molecule is CNC1CCN(c2nc(C)cn2C(C)C)C1. The first-order valence-electron chi connectivity index (χ1n) is 6.09. The third-order valence-electron chi connectivity index (χ3n) is 3.27. The number of hydrogen-bond donors (Lipinski definition) is 1. The van der Waals surface area contributed by atoms with Crippen LogP contribution in [0.4, 0.5) is 5.95 Å². The second-order valence-electron chi connectivity index (χ2n) is 4.90. The van der Waals surface area contributed by atoms with E-state index in [1.807, 2.05) is 7.05 Å². The summed E-state index contributed by atoms with van der Waals surface area (Å²) in [6.07, 6.45) is 3.35. The van der Waals surface area contributed by atoms with Crippen molar-refractivity contribution in [3.8, 4) is 0 Å². The topological polar surface area (TPSA) is 33.1 Å². The van der Waals surface area contributed by atoms with Crippen LogP contribution in [0.3, 0.4) is 0 Å². The van der Waals surface area contributed by atoms with Crippen molar-refractivity contribution in [3.63, 3.8) is 0 Å². The average molecular weight is 222 g/mol. The van der Waals surface area contributed by atoms with Crippen LogP contribution in [0.2, 0.25) is 0 Å². The number of likely N-dealkylation sites (N-methyl/N-ethyl adjacent to an activating group) is 1. The summed E-state index contributed by atoms with van der Waals surface area (Å²) in [5.41, 5.74) is 1.11. The summed E-state index contributed by atoms with van der Waals surface area (Å²) >= 11 is 0. The van der Waals surface area contributed by atoms with Crippen molar-refractivity contribution in [1.29, 1.82) is 0 Å². The third-order valence-corrected chi connectivity index (χ3v) is 3.27. The van der Waals surface area contributed by atoms with E-state index in [4.69, 9.17) is 0 Å². The fourth-order valence-corrected chi connectivity index (χ4v) is 2.29. The molecule has 1 atom stereocenters. The summed E-state index contributed by atoms with van der Waals surface area (Å²) < 4.78 is 2.27. The molecule has 1 N–H and O–H groups in total. The maximum atomic E-state index is 4.64. The Kier molecular flexibility index (Phi) is 3.19. The molecule has 16 heavy (non-hydrogen) atoms. The van der Waals surface area contributed by atoms with Gasteiger partial charge in [0, 0.05) is 31.4 Å². The molecular weight excluding hydrogens is 200 g/mol. The highest BCUT2D eigenvalue weighted by Crippen LogP contribution is 2.23. The number of nitrogens with zero attached hydrogens (tertiary/aromatic N) is 3. The minimum absolute atomic E-state index is 0.477. The van der Waals surface area contributed by atoms with Crippen LogP contribution in [0, 0.1) is 6.92 Å². The normalized spacial score (nSPS) is 21.1. The number of imidazole rings is 1. The smallest absolute Gasteiger partial charge is 0.206 e. The largest absolute Gasteiger partial charge is 0.341 e. The lowest BCUT2D eigenvalue weighted by molar-refractivity contribution is 0.586. The first-order valence-corrected chi connectivity index (χ1v) is 6.09. The van der Waals surface area contributed by atoms with Crippen LogP contribution in [0.25, 0.3) is 0 Å². The Labute approximate surface area is 97.7 Å². The minimum atomic E-state index is 0.477. The van der Waals surface area contributed by atoms with E-state index in [1.54, 1.807) is 0 Å². The lowest BCUT2D eigenvalue weighted by Crippen LogP contribution is -2.31. The van der Waals surface area contributed by atoms with Crippen molar-refractivity contribution in [2.45, 2.75) is 39.3 Å². The molecule has 4 nitrogen and oxygen atoms in total. The molecule has 1 aliphatic rings. The van der Waals surface area contributed by atoms with Crippen molar-refractivity contribution >= 4 is 5.95 Å². The van der Waals surface area contributed by atoms with Crippen LogP contribution in [0.5, 0.6) is 0 Å². The predicted molar refractivity (Wildman–Crippen MR) is 67.0 cm³/mol. The molecule has 1 fully saturated rings. The van der Waals surface area contributed by atoms with E-state index in [-0.39, 0.29) is 0 Å². The highest BCUT2D eigenvalue weighted by molar-refractivity contribution is 5.36.